The predicted molar refractivity (Wildman–Crippen MR) is 88.4 cm³/mol. The molecule has 4 nitrogen and oxygen atoms in total. The Morgan fingerprint density at radius 3 is 3.10 bits per heavy atom. The topological polar surface area (TPSA) is 41.6 Å². The minimum absolute atomic E-state index is 0.0634. The highest BCUT2D eigenvalue weighted by Gasteiger charge is 2.26. The van der Waals surface area contributed by atoms with E-state index in [9.17, 15) is 4.79 Å². The maximum atomic E-state index is 12.3. The molecule has 0 spiro atoms. The third kappa shape index (κ3) is 4.28. The number of carbonyl (C=O) groups excluding carboxylic acids is 1. The molecule has 1 N–H and O–H groups in total. The average Bonchev–Trinajstić information content (AvgIpc) is 2.94. The van der Waals surface area contributed by atoms with E-state index in [1.165, 1.54) is 11.8 Å². The largest absolute Gasteiger partial charge is 0.381 e. The molecule has 1 fully saturated rings. The first-order chi connectivity index (χ1) is 10.2. The third-order valence-corrected chi connectivity index (χ3v) is 4.82. The van der Waals surface area contributed by atoms with Crippen LogP contribution in [0, 0.1) is 5.92 Å². The number of anilines is 1. The van der Waals surface area contributed by atoms with E-state index in [4.69, 9.17) is 16.3 Å². The molecule has 1 heterocycles. The molecule has 1 aromatic rings. The van der Waals surface area contributed by atoms with Gasteiger partial charge >= 0.3 is 6.03 Å². The van der Waals surface area contributed by atoms with Crippen molar-refractivity contribution < 1.29 is 9.53 Å². The fourth-order valence-corrected chi connectivity index (χ4v) is 3.45. The van der Waals surface area contributed by atoms with Crippen molar-refractivity contribution in [3.63, 3.8) is 0 Å². The van der Waals surface area contributed by atoms with Gasteiger partial charge in [-0.2, -0.15) is 0 Å². The van der Waals surface area contributed by atoms with E-state index in [0.717, 1.165) is 43.3 Å². The van der Waals surface area contributed by atoms with Crippen molar-refractivity contribution in [2.75, 3.05) is 37.9 Å². The molecule has 1 aliphatic heterocycles. The van der Waals surface area contributed by atoms with Gasteiger partial charge in [0.2, 0.25) is 0 Å². The highest BCUT2D eigenvalue weighted by atomic mass is 35.5. The van der Waals surface area contributed by atoms with Crippen LogP contribution in [0.25, 0.3) is 0 Å². The lowest BCUT2D eigenvalue weighted by Crippen LogP contribution is -2.33. The van der Waals surface area contributed by atoms with Gasteiger partial charge in [-0.3, -0.25) is 0 Å². The van der Waals surface area contributed by atoms with E-state index < -0.39 is 0 Å². The zero-order valence-corrected chi connectivity index (χ0v) is 14.0. The summed E-state index contributed by atoms with van der Waals surface area (Å²) in [5.41, 5.74) is 0.772. The van der Waals surface area contributed by atoms with Gasteiger partial charge in [-0.25, -0.2) is 4.79 Å². The second-order valence-corrected chi connectivity index (χ2v) is 6.23. The summed E-state index contributed by atoms with van der Waals surface area (Å²) in [4.78, 5) is 15.1. The van der Waals surface area contributed by atoms with Crippen LogP contribution >= 0.6 is 23.4 Å². The zero-order chi connectivity index (χ0) is 15.2. The molecular formula is C15H21ClN2O2S. The second kappa shape index (κ2) is 7.92. The molecule has 0 saturated carbocycles. The van der Waals surface area contributed by atoms with Crippen LogP contribution in [0.4, 0.5) is 10.5 Å². The minimum atomic E-state index is -0.0634. The molecular weight excluding hydrogens is 308 g/mol. The average molecular weight is 329 g/mol. The number of amides is 2. The molecule has 0 aliphatic carbocycles. The lowest BCUT2D eigenvalue weighted by molar-refractivity contribution is 0.113. The van der Waals surface area contributed by atoms with Crippen molar-refractivity contribution in [2.45, 2.75) is 18.2 Å². The highest BCUT2D eigenvalue weighted by Crippen LogP contribution is 2.33. The Morgan fingerprint density at radius 1 is 1.57 bits per heavy atom. The van der Waals surface area contributed by atoms with Crippen molar-refractivity contribution in [2.24, 2.45) is 5.92 Å². The fourth-order valence-electron chi connectivity index (χ4n) is 2.45. The molecule has 1 aromatic carbocycles. The smallest absolute Gasteiger partial charge is 0.321 e. The summed E-state index contributed by atoms with van der Waals surface area (Å²) >= 11 is 7.68. The predicted octanol–water partition coefficient (Wildman–Crippen LogP) is 3.95. The van der Waals surface area contributed by atoms with Gasteiger partial charge in [0, 0.05) is 30.5 Å². The van der Waals surface area contributed by atoms with Crippen molar-refractivity contribution in [1.82, 2.24) is 4.90 Å². The van der Waals surface area contributed by atoms with Crippen LogP contribution in [0.1, 0.15) is 13.3 Å². The molecule has 1 aliphatic rings. The van der Waals surface area contributed by atoms with Gasteiger partial charge in [0.1, 0.15) is 0 Å². The molecule has 0 unspecified atom stereocenters. The highest BCUT2D eigenvalue weighted by molar-refractivity contribution is 7.98. The number of likely N-dealkylation sites (tertiary alicyclic amines) is 1. The van der Waals surface area contributed by atoms with Crippen molar-refractivity contribution >= 4 is 35.1 Å². The van der Waals surface area contributed by atoms with Crippen LogP contribution in [0.15, 0.2) is 23.1 Å². The van der Waals surface area contributed by atoms with Gasteiger partial charge in [0.15, 0.2) is 0 Å². The van der Waals surface area contributed by atoms with E-state index in [1.807, 2.05) is 36.3 Å². The Bertz CT molecular complexity index is 499. The number of hydrogen-bond donors (Lipinski definition) is 1. The molecule has 0 bridgehead atoms. The summed E-state index contributed by atoms with van der Waals surface area (Å²) in [5, 5.41) is 3.62. The first kappa shape index (κ1) is 16.5. The first-order valence-corrected chi connectivity index (χ1v) is 8.72. The maximum Gasteiger partial charge on any atom is 0.321 e. The molecule has 0 radical (unpaired) electrons. The number of thioether (sulfide) groups is 1. The molecule has 21 heavy (non-hydrogen) atoms. The van der Waals surface area contributed by atoms with Crippen molar-refractivity contribution in [3.8, 4) is 0 Å². The summed E-state index contributed by atoms with van der Waals surface area (Å²) in [6.07, 6.45) is 2.95. The van der Waals surface area contributed by atoms with Crippen molar-refractivity contribution in [3.05, 3.63) is 23.2 Å². The molecule has 116 valence electrons. The molecule has 0 aromatic heterocycles. The van der Waals surface area contributed by atoms with Gasteiger partial charge < -0.3 is 15.0 Å². The summed E-state index contributed by atoms with van der Waals surface area (Å²) in [7, 11) is 0. The number of nitrogens with one attached hydrogen (secondary N) is 1. The Morgan fingerprint density at radius 2 is 2.38 bits per heavy atom. The van der Waals surface area contributed by atoms with Gasteiger partial charge in [-0.1, -0.05) is 17.7 Å². The van der Waals surface area contributed by atoms with E-state index in [1.54, 1.807) is 0 Å². The van der Waals surface area contributed by atoms with Gasteiger partial charge in [0.25, 0.3) is 0 Å². The standard InChI is InChI=1S/C15H21ClN2O2S/c1-3-20-10-11-7-8-18(9-11)15(19)17-13-6-4-5-12(16)14(13)21-2/h4-6,11H,3,7-10H2,1-2H3,(H,17,19)/t11-/m1/s1. The molecule has 2 amide bonds. The number of rotatable bonds is 5. The molecule has 1 atom stereocenters. The van der Waals surface area contributed by atoms with E-state index in [-0.39, 0.29) is 6.03 Å². The van der Waals surface area contributed by atoms with Crippen LogP contribution in [0.3, 0.4) is 0 Å². The van der Waals surface area contributed by atoms with Crippen LogP contribution in [0.2, 0.25) is 5.02 Å². The van der Waals surface area contributed by atoms with E-state index in [0.29, 0.717) is 10.9 Å². The number of ether oxygens (including phenoxy) is 1. The minimum Gasteiger partial charge on any atom is -0.381 e. The molecule has 6 heteroatoms. The Kier molecular flexibility index (Phi) is 6.21. The summed E-state index contributed by atoms with van der Waals surface area (Å²) in [6.45, 7) is 4.97. The van der Waals surface area contributed by atoms with E-state index in [2.05, 4.69) is 5.32 Å². The van der Waals surface area contributed by atoms with Crippen LogP contribution in [0.5, 0.6) is 0 Å². The monoisotopic (exact) mass is 328 g/mol. The summed E-state index contributed by atoms with van der Waals surface area (Å²) in [6, 6.07) is 5.49. The fraction of sp³-hybridized carbons (Fsp3) is 0.533. The normalized spacial score (nSPS) is 18.0. The van der Waals surface area contributed by atoms with Gasteiger partial charge in [-0.15, -0.1) is 11.8 Å². The molecule has 2 rings (SSSR count). The quantitative estimate of drug-likeness (QED) is 0.832. The number of urea groups is 1. The zero-order valence-electron chi connectivity index (χ0n) is 12.4. The number of halogens is 1. The Hall–Kier alpha value is -0.910. The summed E-state index contributed by atoms with van der Waals surface area (Å²) < 4.78 is 5.44. The van der Waals surface area contributed by atoms with Gasteiger partial charge in [0.05, 0.1) is 17.3 Å². The van der Waals surface area contributed by atoms with Crippen LogP contribution in [-0.4, -0.2) is 43.5 Å². The van der Waals surface area contributed by atoms with Gasteiger partial charge in [-0.05, 0) is 31.7 Å². The third-order valence-electron chi connectivity index (χ3n) is 3.54. The number of nitrogens with zero attached hydrogens (tertiary/aromatic N) is 1. The second-order valence-electron chi connectivity index (χ2n) is 5.01. The Balaban J connectivity index is 1.95. The lowest BCUT2D eigenvalue weighted by Gasteiger charge is -2.19. The first-order valence-electron chi connectivity index (χ1n) is 7.11. The maximum absolute atomic E-state index is 12.3. The Labute approximate surface area is 135 Å². The number of carbonyl (C=O) groups is 1. The molecule has 1 saturated heterocycles. The van der Waals surface area contributed by atoms with Crippen LogP contribution < -0.4 is 5.32 Å². The number of hydrogen-bond acceptors (Lipinski definition) is 3. The number of benzene rings is 1. The SMILES string of the molecule is CCOC[C@@H]1CCN(C(=O)Nc2cccc(Cl)c2SC)C1. The van der Waals surface area contributed by atoms with Crippen LogP contribution in [-0.2, 0) is 4.74 Å². The van der Waals surface area contributed by atoms with Crippen molar-refractivity contribution in [1.29, 1.82) is 0 Å². The lowest BCUT2D eigenvalue weighted by atomic mass is 10.1. The summed E-state index contributed by atoms with van der Waals surface area (Å²) in [5.74, 6) is 0.440. The van der Waals surface area contributed by atoms with E-state index >= 15 is 0 Å².